The monoisotopic (exact) mass is 245 g/mol. The van der Waals surface area contributed by atoms with Crippen molar-refractivity contribution in [2.75, 3.05) is 13.7 Å². The minimum absolute atomic E-state index is 0.250. The predicted molar refractivity (Wildman–Crippen MR) is 74.2 cm³/mol. The zero-order valence-corrected chi connectivity index (χ0v) is 11.6. The Morgan fingerprint density at radius 3 is 2.94 bits per heavy atom. The first-order valence-electron chi connectivity index (χ1n) is 7.03. The maximum absolute atomic E-state index is 5.39. The van der Waals surface area contributed by atoms with Crippen LogP contribution in [-0.2, 0) is 11.8 Å². The number of benzene rings is 1. The second kappa shape index (κ2) is 4.27. The Hall–Kier alpha value is -1.02. The number of nitrogens with one attached hydrogen (secondary N) is 1. The summed E-state index contributed by atoms with van der Waals surface area (Å²) in [6.07, 6.45) is 3.83. The molecule has 18 heavy (non-hydrogen) atoms. The lowest BCUT2D eigenvalue weighted by molar-refractivity contribution is 0.168. The molecule has 0 unspecified atom stereocenters. The van der Waals surface area contributed by atoms with Gasteiger partial charge in [-0.3, -0.25) is 0 Å². The average Bonchev–Trinajstić information content (AvgIpc) is 2.39. The zero-order chi connectivity index (χ0) is 12.8. The van der Waals surface area contributed by atoms with Crippen LogP contribution >= 0.6 is 0 Å². The van der Waals surface area contributed by atoms with Crippen molar-refractivity contribution in [2.24, 2.45) is 5.92 Å². The van der Waals surface area contributed by atoms with Crippen LogP contribution in [0.25, 0.3) is 0 Å². The Bertz CT molecular complexity index is 452. The molecule has 98 valence electrons. The highest BCUT2D eigenvalue weighted by Gasteiger charge is 2.43. The van der Waals surface area contributed by atoms with E-state index in [1.807, 2.05) is 0 Å². The van der Waals surface area contributed by atoms with Crippen LogP contribution in [0.4, 0.5) is 0 Å². The molecule has 1 aliphatic carbocycles. The van der Waals surface area contributed by atoms with Crippen LogP contribution in [0.3, 0.4) is 0 Å². The number of rotatable bonds is 1. The van der Waals surface area contributed by atoms with Gasteiger partial charge in [0, 0.05) is 6.04 Å². The summed E-state index contributed by atoms with van der Waals surface area (Å²) in [5.74, 6) is 1.75. The van der Waals surface area contributed by atoms with Crippen LogP contribution in [0.15, 0.2) is 18.2 Å². The normalized spacial score (nSPS) is 29.3. The van der Waals surface area contributed by atoms with Crippen molar-refractivity contribution in [3.8, 4) is 5.75 Å². The van der Waals surface area contributed by atoms with Crippen LogP contribution in [-0.4, -0.2) is 19.7 Å². The number of ether oxygens (including phenoxy) is 1. The Morgan fingerprint density at radius 2 is 2.17 bits per heavy atom. The fourth-order valence-corrected chi connectivity index (χ4v) is 3.93. The summed E-state index contributed by atoms with van der Waals surface area (Å²) in [7, 11) is 1.75. The number of hydrogen-bond acceptors (Lipinski definition) is 2. The van der Waals surface area contributed by atoms with Gasteiger partial charge in [0.25, 0.3) is 0 Å². The van der Waals surface area contributed by atoms with E-state index in [0.29, 0.717) is 6.04 Å². The maximum atomic E-state index is 5.39. The van der Waals surface area contributed by atoms with Gasteiger partial charge in [-0.15, -0.1) is 0 Å². The van der Waals surface area contributed by atoms with Crippen molar-refractivity contribution in [2.45, 2.75) is 44.6 Å². The first-order valence-corrected chi connectivity index (χ1v) is 7.03. The number of hydrogen-bond donors (Lipinski definition) is 1. The Balaban J connectivity index is 2.06. The highest BCUT2D eigenvalue weighted by Crippen LogP contribution is 2.45. The highest BCUT2D eigenvalue weighted by atomic mass is 16.5. The van der Waals surface area contributed by atoms with Crippen molar-refractivity contribution in [1.29, 1.82) is 0 Å². The summed E-state index contributed by atoms with van der Waals surface area (Å²) in [5.41, 5.74) is 3.24. The molecule has 1 aliphatic heterocycles. The molecular weight excluding hydrogens is 222 g/mol. The van der Waals surface area contributed by atoms with E-state index >= 15 is 0 Å². The van der Waals surface area contributed by atoms with Crippen molar-refractivity contribution in [1.82, 2.24) is 5.32 Å². The summed E-state index contributed by atoms with van der Waals surface area (Å²) in [6.45, 7) is 5.98. The lowest BCUT2D eigenvalue weighted by Crippen LogP contribution is -2.53. The SMILES string of the molecule is COc1ccc2c(c1)C(C)(C)[C@@H]1CCCN[C@H]1C2. The molecule has 2 heteroatoms. The van der Waals surface area contributed by atoms with Crippen molar-refractivity contribution in [3.05, 3.63) is 29.3 Å². The van der Waals surface area contributed by atoms with E-state index in [9.17, 15) is 0 Å². The molecule has 1 N–H and O–H groups in total. The largest absolute Gasteiger partial charge is 0.497 e. The minimum atomic E-state index is 0.250. The second-order valence-electron chi connectivity index (χ2n) is 6.26. The van der Waals surface area contributed by atoms with Gasteiger partial charge in [0.15, 0.2) is 0 Å². The Labute approximate surface area is 110 Å². The fourth-order valence-electron chi connectivity index (χ4n) is 3.93. The van der Waals surface area contributed by atoms with Gasteiger partial charge in [-0.1, -0.05) is 19.9 Å². The third-order valence-electron chi connectivity index (χ3n) is 4.96. The van der Waals surface area contributed by atoms with E-state index in [4.69, 9.17) is 4.74 Å². The average molecular weight is 245 g/mol. The molecule has 0 bridgehead atoms. The molecule has 0 aromatic heterocycles. The molecule has 0 amide bonds. The van der Waals surface area contributed by atoms with Crippen LogP contribution in [0.5, 0.6) is 5.75 Å². The summed E-state index contributed by atoms with van der Waals surface area (Å²) in [4.78, 5) is 0. The second-order valence-corrected chi connectivity index (χ2v) is 6.26. The molecule has 1 saturated heterocycles. The smallest absolute Gasteiger partial charge is 0.119 e. The van der Waals surface area contributed by atoms with Gasteiger partial charge in [-0.2, -0.15) is 0 Å². The summed E-state index contributed by atoms with van der Waals surface area (Å²) in [5, 5.41) is 3.71. The first-order chi connectivity index (χ1) is 8.63. The van der Waals surface area contributed by atoms with Gasteiger partial charge in [-0.05, 0) is 60.4 Å². The van der Waals surface area contributed by atoms with Crippen molar-refractivity contribution >= 4 is 0 Å². The molecule has 2 nitrogen and oxygen atoms in total. The van der Waals surface area contributed by atoms with E-state index in [1.54, 1.807) is 7.11 Å². The molecule has 1 fully saturated rings. The van der Waals surface area contributed by atoms with E-state index in [-0.39, 0.29) is 5.41 Å². The van der Waals surface area contributed by atoms with Crippen molar-refractivity contribution in [3.63, 3.8) is 0 Å². The van der Waals surface area contributed by atoms with E-state index in [1.165, 1.54) is 36.9 Å². The van der Waals surface area contributed by atoms with E-state index in [2.05, 4.69) is 37.4 Å². The van der Waals surface area contributed by atoms with Gasteiger partial charge in [-0.25, -0.2) is 0 Å². The molecule has 2 atom stereocenters. The standard InChI is InChI=1S/C16H23NO/c1-16(2)13-5-4-8-17-15(13)9-11-6-7-12(18-3)10-14(11)16/h6-7,10,13,15,17H,4-5,8-9H2,1-3H3/t13-,15+/m1/s1. The fraction of sp³-hybridized carbons (Fsp3) is 0.625. The molecule has 3 rings (SSSR count). The van der Waals surface area contributed by atoms with Crippen LogP contribution in [0.2, 0.25) is 0 Å². The third kappa shape index (κ3) is 1.74. The molecule has 1 heterocycles. The molecule has 0 saturated carbocycles. The van der Waals surface area contributed by atoms with Crippen LogP contribution in [0, 0.1) is 5.92 Å². The third-order valence-corrected chi connectivity index (χ3v) is 4.96. The van der Waals surface area contributed by atoms with Crippen molar-refractivity contribution < 1.29 is 4.74 Å². The lowest BCUT2D eigenvalue weighted by atomic mass is 9.61. The lowest BCUT2D eigenvalue weighted by Gasteiger charge is -2.48. The molecule has 1 aromatic carbocycles. The molecule has 0 radical (unpaired) electrons. The molecular formula is C16H23NO. The van der Waals surface area contributed by atoms with Crippen LogP contribution < -0.4 is 10.1 Å². The number of methoxy groups -OCH3 is 1. The zero-order valence-electron chi connectivity index (χ0n) is 11.6. The van der Waals surface area contributed by atoms with E-state index < -0.39 is 0 Å². The van der Waals surface area contributed by atoms with Crippen LogP contribution in [0.1, 0.15) is 37.8 Å². The Morgan fingerprint density at radius 1 is 1.33 bits per heavy atom. The number of fused-ring (bicyclic) bond motifs is 2. The quantitative estimate of drug-likeness (QED) is 0.821. The topological polar surface area (TPSA) is 21.3 Å². The molecule has 1 aromatic rings. The summed E-state index contributed by atoms with van der Waals surface area (Å²) in [6, 6.07) is 7.26. The summed E-state index contributed by atoms with van der Waals surface area (Å²) < 4.78 is 5.39. The molecule has 2 aliphatic rings. The van der Waals surface area contributed by atoms with E-state index in [0.717, 1.165) is 11.7 Å². The maximum Gasteiger partial charge on any atom is 0.119 e. The summed E-state index contributed by atoms with van der Waals surface area (Å²) >= 11 is 0. The van der Waals surface area contributed by atoms with Gasteiger partial charge in [0.05, 0.1) is 7.11 Å². The number of piperidine rings is 1. The van der Waals surface area contributed by atoms with Gasteiger partial charge in [0.1, 0.15) is 5.75 Å². The molecule has 0 spiro atoms. The minimum Gasteiger partial charge on any atom is -0.497 e. The Kier molecular flexibility index (Phi) is 2.86. The predicted octanol–water partition coefficient (Wildman–Crippen LogP) is 2.90. The van der Waals surface area contributed by atoms with Gasteiger partial charge < -0.3 is 10.1 Å². The van der Waals surface area contributed by atoms with Gasteiger partial charge >= 0.3 is 0 Å². The van der Waals surface area contributed by atoms with Gasteiger partial charge in [0.2, 0.25) is 0 Å². The highest BCUT2D eigenvalue weighted by molar-refractivity contribution is 5.43. The first kappa shape index (κ1) is 12.0.